The lowest BCUT2D eigenvalue weighted by Crippen LogP contribution is -2.14. The number of halogens is 1. The quantitative estimate of drug-likeness (QED) is 0.856. The average molecular weight is 361 g/mol. The Morgan fingerprint density at radius 2 is 1.91 bits per heavy atom. The molecule has 0 fully saturated rings. The molecule has 22 heavy (non-hydrogen) atoms. The Hall–Kier alpha value is -1.81. The summed E-state index contributed by atoms with van der Waals surface area (Å²) in [6, 6.07) is 14.0. The number of carbonyl (C=O) groups is 1. The van der Waals surface area contributed by atoms with Crippen LogP contribution >= 0.6 is 15.9 Å². The van der Waals surface area contributed by atoms with E-state index >= 15 is 0 Å². The third-order valence-electron chi connectivity index (χ3n) is 3.54. The fourth-order valence-electron chi connectivity index (χ4n) is 2.41. The molecule has 4 heteroatoms. The van der Waals surface area contributed by atoms with Crippen LogP contribution in [0.25, 0.3) is 0 Å². The second kappa shape index (κ2) is 7.45. The van der Waals surface area contributed by atoms with Crippen molar-refractivity contribution >= 4 is 33.2 Å². The lowest BCUT2D eigenvalue weighted by atomic mass is 10.1. The minimum Gasteiger partial charge on any atom is -0.377 e. The number of aryl methyl sites for hydroxylation is 2. The van der Waals surface area contributed by atoms with E-state index in [0.717, 1.165) is 33.4 Å². The molecule has 0 bridgehead atoms. The molecule has 0 radical (unpaired) electrons. The minimum atomic E-state index is 0.0350. The molecule has 0 spiro atoms. The van der Waals surface area contributed by atoms with Gasteiger partial charge in [-0.3, -0.25) is 4.79 Å². The van der Waals surface area contributed by atoms with E-state index in [9.17, 15) is 4.79 Å². The van der Waals surface area contributed by atoms with E-state index in [-0.39, 0.29) is 5.91 Å². The molecule has 0 heterocycles. The molecule has 1 N–H and O–H groups in total. The maximum absolute atomic E-state index is 12.1. The van der Waals surface area contributed by atoms with Gasteiger partial charge in [-0.25, -0.2) is 0 Å². The molecule has 0 saturated carbocycles. The summed E-state index contributed by atoms with van der Waals surface area (Å²) in [5.74, 6) is 0.0350. The van der Waals surface area contributed by atoms with Crippen molar-refractivity contribution in [1.82, 2.24) is 0 Å². The summed E-state index contributed by atoms with van der Waals surface area (Å²) in [6.45, 7) is 2.05. The monoisotopic (exact) mass is 360 g/mol. The summed E-state index contributed by atoms with van der Waals surface area (Å²) in [4.78, 5) is 14.2. The molecular weight excluding hydrogens is 340 g/mol. The summed E-state index contributed by atoms with van der Waals surface area (Å²) >= 11 is 3.51. The first-order chi connectivity index (χ1) is 10.5. The molecule has 0 aliphatic carbocycles. The van der Waals surface area contributed by atoms with Gasteiger partial charge in [-0.1, -0.05) is 34.1 Å². The van der Waals surface area contributed by atoms with Crippen LogP contribution in [0.5, 0.6) is 0 Å². The van der Waals surface area contributed by atoms with Gasteiger partial charge in [-0.05, 0) is 48.7 Å². The van der Waals surface area contributed by atoms with E-state index in [1.54, 1.807) is 0 Å². The Balaban J connectivity index is 1.95. The van der Waals surface area contributed by atoms with E-state index < -0.39 is 0 Å². The minimum absolute atomic E-state index is 0.0350. The van der Waals surface area contributed by atoms with Gasteiger partial charge in [-0.15, -0.1) is 0 Å². The van der Waals surface area contributed by atoms with Crippen molar-refractivity contribution in [3.05, 3.63) is 58.1 Å². The Morgan fingerprint density at radius 3 is 2.55 bits per heavy atom. The Bertz CT molecular complexity index is 668. The number of hydrogen-bond acceptors (Lipinski definition) is 2. The molecule has 2 rings (SSSR count). The zero-order valence-corrected chi connectivity index (χ0v) is 14.8. The van der Waals surface area contributed by atoms with Gasteiger partial charge in [0.1, 0.15) is 0 Å². The van der Waals surface area contributed by atoms with Crippen LogP contribution in [0, 0.1) is 6.92 Å². The Labute approximate surface area is 140 Å². The maximum Gasteiger partial charge on any atom is 0.224 e. The van der Waals surface area contributed by atoms with Crippen LogP contribution < -0.4 is 10.2 Å². The predicted octanol–water partition coefficient (Wildman–Crippen LogP) is 4.39. The van der Waals surface area contributed by atoms with E-state index in [1.165, 1.54) is 0 Å². The van der Waals surface area contributed by atoms with Gasteiger partial charge in [0, 0.05) is 36.4 Å². The molecule has 0 saturated heterocycles. The highest BCUT2D eigenvalue weighted by atomic mass is 79.9. The van der Waals surface area contributed by atoms with Crippen LogP contribution in [0.15, 0.2) is 46.9 Å². The molecule has 2 aromatic rings. The predicted molar refractivity (Wildman–Crippen MR) is 96.6 cm³/mol. The van der Waals surface area contributed by atoms with Gasteiger partial charge in [0.2, 0.25) is 5.91 Å². The van der Waals surface area contributed by atoms with Crippen molar-refractivity contribution in [2.24, 2.45) is 0 Å². The molecule has 2 aromatic carbocycles. The fraction of sp³-hybridized carbons (Fsp3) is 0.278. The third-order valence-corrected chi connectivity index (χ3v) is 4.32. The number of hydrogen-bond donors (Lipinski definition) is 1. The van der Waals surface area contributed by atoms with Crippen LogP contribution in [0.4, 0.5) is 11.4 Å². The lowest BCUT2D eigenvalue weighted by molar-refractivity contribution is -0.116. The summed E-state index contributed by atoms with van der Waals surface area (Å²) < 4.78 is 1.05. The van der Waals surface area contributed by atoms with E-state index in [0.29, 0.717) is 6.42 Å². The van der Waals surface area contributed by atoms with Gasteiger partial charge in [0.25, 0.3) is 0 Å². The maximum atomic E-state index is 12.1. The second-order valence-corrected chi connectivity index (χ2v) is 6.39. The topological polar surface area (TPSA) is 32.3 Å². The Kier molecular flexibility index (Phi) is 5.61. The van der Waals surface area contributed by atoms with Gasteiger partial charge in [-0.2, -0.15) is 0 Å². The molecule has 0 aromatic heterocycles. The van der Waals surface area contributed by atoms with Crippen LogP contribution in [-0.4, -0.2) is 20.0 Å². The molecule has 0 atom stereocenters. The summed E-state index contributed by atoms with van der Waals surface area (Å²) in [6.07, 6.45) is 1.19. The Morgan fingerprint density at radius 1 is 1.18 bits per heavy atom. The molecule has 0 unspecified atom stereocenters. The largest absolute Gasteiger partial charge is 0.377 e. The number of carbonyl (C=O) groups excluding carboxylic acids is 1. The zero-order valence-electron chi connectivity index (χ0n) is 13.2. The first-order valence-corrected chi connectivity index (χ1v) is 8.08. The highest BCUT2D eigenvalue weighted by Gasteiger charge is 2.07. The number of nitrogens with one attached hydrogen (secondary N) is 1. The van der Waals surface area contributed by atoms with Gasteiger partial charge in [0.05, 0.1) is 0 Å². The van der Waals surface area contributed by atoms with E-state index in [2.05, 4.69) is 26.1 Å². The first kappa shape index (κ1) is 16.6. The van der Waals surface area contributed by atoms with Gasteiger partial charge < -0.3 is 10.2 Å². The van der Waals surface area contributed by atoms with Gasteiger partial charge in [0.15, 0.2) is 0 Å². The third kappa shape index (κ3) is 4.34. The molecular formula is C18H21BrN2O. The van der Waals surface area contributed by atoms with Gasteiger partial charge >= 0.3 is 0 Å². The normalized spacial score (nSPS) is 10.4. The van der Waals surface area contributed by atoms with Crippen molar-refractivity contribution < 1.29 is 4.79 Å². The number of rotatable bonds is 5. The van der Waals surface area contributed by atoms with Crippen molar-refractivity contribution in [3.63, 3.8) is 0 Å². The summed E-state index contributed by atoms with van der Waals surface area (Å²) in [5, 5.41) is 2.97. The smallest absolute Gasteiger partial charge is 0.224 e. The highest BCUT2D eigenvalue weighted by Crippen LogP contribution is 2.22. The van der Waals surface area contributed by atoms with Crippen LogP contribution in [0.1, 0.15) is 17.5 Å². The molecule has 116 valence electrons. The average Bonchev–Trinajstić information content (AvgIpc) is 2.46. The number of anilines is 2. The van der Waals surface area contributed by atoms with Crippen LogP contribution in [-0.2, 0) is 11.2 Å². The fourth-order valence-corrected chi connectivity index (χ4v) is 2.89. The first-order valence-electron chi connectivity index (χ1n) is 7.28. The number of nitrogens with zero attached hydrogens (tertiary/aromatic N) is 1. The standard InChI is InChI=1S/C18H21BrN2O/c1-13-12-15(9-10-17(13)21(2)3)20-18(22)11-8-14-6-4-5-7-16(14)19/h4-7,9-10,12H,8,11H2,1-3H3,(H,20,22). The van der Waals surface area contributed by atoms with Crippen LogP contribution in [0.3, 0.4) is 0 Å². The highest BCUT2D eigenvalue weighted by molar-refractivity contribution is 9.10. The van der Waals surface area contributed by atoms with Crippen molar-refractivity contribution in [3.8, 4) is 0 Å². The number of benzene rings is 2. The molecule has 0 aliphatic rings. The van der Waals surface area contributed by atoms with E-state index in [1.807, 2.05) is 63.5 Å². The number of amides is 1. The van der Waals surface area contributed by atoms with Crippen molar-refractivity contribution in [2.75, 3.05) is 24.3 Å². The lowest BCUT2D eigenvalue weighted by Gasteiger charge is -2.16. The molecule has 1 amide bonds. The summed E-state index contributed by atoms with van der Waals surface area (Å²) in [7, 11) is 4.02. The zero-order chi connectivity index (χ0) is 16.1. The van der Waals surface area contributed by atoms with E-state index in [4.69, 9.17) is 0 Å². The second-order valence-electron chi connectivity index (χ2n) is 5.54. The van der Waals surface area contributed by atoms with Crippen LogP contribution in [0.2, 0.25) is 0 Å². The SMILES string of the molecule is Cc1cc(NC(=O)CCc2ccccc2Br)ccc1N(C)C. The van der Waals surface area contributed by atoms with Crippen molar-refractivity contribution in [2.45, 2.75) is 19.8 Å². The molecule has 0 aliphatic heterocycles. The van der Waals surface area contributed by atoms with Crippen molar-refractivity contribution in [1.29, 1.82) is 0 Å². The summed E-state index contributed by atoms with van der Waals surface area (Å²) in [5.41, 5.74) is 4.30. The molecule has 3 nitrogen and oxygen atoms in total.